The van der Waals surface area contributed by atoms with E-state index in [4.69, 9.17) is 13.9 Å². The molecule has 3 aromatic rings. The number of anilines is 1. The number of nitriles is 1. The highest BCUT2D eigenvalue weighted by atomic mass is 16.5. The van der Waals surface area contributed by atoms with E-state index in [1.165, 1.54) is 5.56 Å². The van der Waals surface area contributed by atoms with Crippen LogP contribution in [0.25, 0.3) is 0 Å². The quantitative estimate of drug-likeness (QED) is 0.574. The Bertz CT molecular complexity index is 985. The minimum absolute atomic E-state index is 0.172. The maximum atomic E-state index is 9.50. The van der Waals surface area contributed by atoms with Crippen molar-refractivity contribution >= 4 is 5.88 Å². The molecular formula is C24H25N3O3. The van der Waals surface area contributed by atoms with Gasteiger partial charge in [-0.25, -0.2) is 0 Å². The van der Waals surface area contributed by atoms with Gasteiger partial charge in [-0.15, -0.1) is 0 Å². The van der Waals surface area contributed by atoms with Crippen molar-refractivity contribution in [3.63, 3.8) is 0 Å². The van der Waals surface area contributed by atoms with Gasteiger partial charge in [-0.1, -0.05) is 30.3 Å². The first-order valence-corrected chi connectivity index (χ1v) is 10.2. The smallest absolute Gasteiger partial charge is 0.236 e. The SMILES string of the molecule is COc1ccc(OCc2nc(C#N)c(N3CCC(Cc4ccccc4)CC3)o2)cc1. The molecule has 0 atom stereocenters. The highest BCUT2D eigenvalue weighted by Gasteiger charge is 2.25. The van der Waals surface area contributed by atoms with Crippen LogP contribution in [0.3, 0.4) is 0 Å². The van der Waals surface area contributed by atoms with Gasteiger partial charge in [-0.3, -0.25) is 0 Å². The Kier molecular flexibility index (Phi) is 6.19. The fourth-order valence-corrected chi connectivity index (χ4v) is 3.81. The van der Waals surface area contributed by atoms with Gasteiger partial charge in [0.05, 0.1) is 7.11 Å². The molecule has 0 amide bonds. The van der Waals surface area contributed by atoms with E-state index in [2.05, 4.69) is 46.3 Å². The first kappa shape index (κ1) is 19.8. The Morgan fingerprint density at radius 1 is 1.07 bits per heavy atom. The summed E-state index contributed by atoms with van der Waals surface area (Å²) in [6.07, 6.45) is 3.23. The maximum Gasteiger partial charge on any atom is 0.236 e. The van der Waals surface area contributed by atoms with Crippen LogP contribution in [0.5, 0.6) is 11.5 Å². The third-order valence-corrected chi connectivity index (χ3v) is 5.45. The standard InChI is InChI=1S/C24H25N3O3/c1-28-20-7-9-21(10-8-20)29-17-23-26-22(16-25)24(30-23)27-13-11-19(12-14-27)15-18-5-3-2-4-6-18/h2-10,19H,11-15,17H2,1H3. The third kappa shape index (κ3) is 4.74. The van der Waals surface area contributed by atoms with Crippen LogP contribution < -0.4 is 14.4 Å². The van der Waals surface area contributed by atoms with Crippen LogP contribution >= 0.6 is 0 Å². The average molecular weight is 403 g/mol. The van der Waals surface area contributed by atoms with Crippen molar-refractivity contribution in [2.75, 3.05) is 25.1 Å². The maximum absolute atomic E-state index is 9.50. The minimum atomic E-state index is 0.172. The van der Waals surface area contributed by atoms with Crippen LogP contribution in [0.15, 0.2) is 59.0 Å². The molecule has 154 valence electrons. The molecule has 6 heteroatoms. The molecule has 0 saturated carbocycles. The predicted molar refractivity (Wildman–Crippen MR) is 114 cm³/mol. The lowest BCUT2D eigenvalue weighted by molar-refractivity contribution is 0.262. The van der Waals surface area contributed by atoms with E-state index in [0.29, 0.717) is 29.1 Å². The lowest BCUT2D eigenvalue weighted by Crippen LogP contribution is -2.34. The number of hydrogen-bond acceptors (Lipinski definition) is 6. The molecule has 1 saturated heterocycles. The zero-order chi connectivity index (χ0) is 20.8. The van der Waals surface area contributed by atoms with Crippen LogP contribution in [0, 0.1) is 17.2 Å². The lowest BCUT2D eigenvalue weighted by Gasteiger charge is -2.31. The molecule has 1 aliphatic rings. The van der Waals surface area contributed by atoms with Gasteiger partial charge in [0, 0.05) is 13.1 Å². The van der Waals surface area contributed by atoms with Crippen LogP contribution in [0.2, 0.25) is 0 Å². The molecule has 0 bridgehead atoms. The summed E-state index contributed by atoms with van der Waals surface area (Å²) >= 11 is 0. The van der Waals surface area contributed by atoms with E-state index in [1.807, 2.05) is 24.3 Å². The summed E-state index contributed by atoms with van der Waals surface area (Å²) in [6, 6.07) is 20.1. The Morgan fingerprint density at radius 2 is 1.77 bits per heavy atom. The van der Waals surface area contributed by atoms with E-state index >= 15 is 0 Å². The molecule has 2 heterocycles. The molecule has 1 fully saturated rings. The Hall–Kier alpha value is -3.46. The van der Waals surface area contributed by atoms with Gasteiger partial charge < -0.3 is 18.8 Å². The summed E-state index contributed by atoms with van der Waals surface area (Å²) < 4.78 is 16.8. The van der Waals surface area contributed by atoms with E-state index in [0.717, 1.165) is 38.1 Å². The summed E-state index contributed by atoms with van der Waals surface area (Å²) in [6.45, 7) is 1.89. The predicted octanol–water partition coefficient (Wildman–Crippen LogP) is 4.59. The molecule has 0 radical (unpaired) electrons. The zero-order valence-electron chi connectivity index (χ0n) is 17.1. The summed E-state index contributed by atoms with van der Waals surface area (Å²) in [5.74, 6) is 3.07. The van der Waals surface area contributed by atoms with Gasteiger partial charge >= 0.3 is 0 Å². The number of rotatable bonds is 7. The Morgan fingerprint density at radius 3 is 2.43 bits per heavy atom. The largest absolute Gasteiger partial charge is 0.497 e. The third-order valence-electron chi connectivity index (χ3n) is 5.45. The molecule has 0 spiro atoms. The molecule has 1 aliphatic heterocycles. The second-order valence-corrected chi connectivity index (χ2v) is 7.46. The van der Waals surface area contributed by atoms with Gasteiger partial charge in [-0.05, 0) is 55.0 Å². The molecule has 0 N–H and O–H groups in total. The summed E-state index contributed by atoms with van der Waals surface area (Å²) in [5.41, 5.74) is 1.70. The molecule has 0 unspecified atom stereocenters. The second kappa shape index (κ2) is 9.36. The van der Waals surface area contributed by atoms with Crippen molar-refractivity contribution in [1.29, 1.82) is 5.26 Å². The van der Waals surface area contributed by atoms with Crippen molar-refractivity contribution in [2.45, 2.75) is 25.9 Å². The molecule has 1 aromatic heterocycles. The normalized spacial score (nSPS) is 14.3. The summed E-state index contributed by atoms with van der Waals surface area (Å²) in [4.78, 5) is 6.45. The van der Waals surface area contributed by atoms with Gasteiger partial charge in [-0.2, -0.15) is 10.2 Å². The first-order chi connectivity index (χ1) is 14.7. The summed E-state index contributed by atoms with van der Waals surface area (Å²) in [5, 5.41) is 9.50. The number of oxazole rings is 1. The van der Waals surface area contributed by atoms with Crippen molar-refractivity contribution in [3.05, 3.63) is 71.7 Å². The fourth-order valence-electron chi connectivity index (χ4n) is 3.81. The van der Waals surface area contributed by atoms with E-state index < -0.39 is 0 Å². The second-order valence-electron chi connectivity index (χ2n) is 7.46. The van der Waals surface area contributed by atoms with Crippen molar-refractivity contribution in [2.24, 2.45) is 5.92 Å². The Balaban J connectivity index is 1.35. The zero-order valence-corrected chi connectivity index (χ0v) is 17.1. The van der Waals surface area contributed by atoms with Crippen molar-refractivity contribution < 1.29 is 13.9 Å². The minimum Gasteiger partial charge on any atom is -0.497 e. The first-order valence-electron chi connectivity index (χ1n) is 10.2. The number of nitrogens with zero attached hydrogens (tertiary/aromatic N) is 3. The van der Waals surface area contributed by atoms with Crippen LogP contribution in [0.4, 0.5) is 5.88 Å². The van der Waals surface area contributed by atoms with Gasteiger partial charge in [0.15, 0.2) is 6.61 Å². The Labute approximate surface area is 176 Å². The van der Waals surface area contributed by atoms with Crippen LogP contribution in [0.1, 0.15) is 30.0 Å². The van der Waals surface area contributed by atoms with Gasteiger partial charge in [0.25, 0.3) is 0 Å². The van der Waals surface area contributed by atoms with Gasteiger partial charge in [0.2, 0.25) is 17.5 Å². The monoisotopic (exact) mass is 403 g/mol. The molecule has 30 heavy (non-hydrogen) atoms. The van der Waals surface area contributed by atoms with Crippen molar-refractivity contribution in [1.82, 2.24) is 4.98 Å². The molecule has 0 aliphatic carbocycles. The molecular weight excluding hydrogens is 378 g/mol. The highest BCUT2D eigenvalue weighted by Crippen LogP contribution is 2.29. The number of piperidine rings is 1. The number of aromatic nitrogens is 1. The number of ether oxygens (including phenoxy) is 2. The van der Waals surface area contributed by atoms with E-state index in [-0.39, 0.29) is 6.61 Å². The number of hydrogen-bond donors (Lipinski definition) is 0. The average Bonchev–Trinajstić information content (AvgIpc) is 3.22. The lowest BCUT2D eigenvalue weighted by atomic mass is 9.90. The molecule has 6 nitrogen and oxygen atoms in total. The van der Waals surface area contributed by atoms with E-state index in [9.17, 15) is 5.26 Å². The number of benzene rings is 2. The highest BCUT2D eigenvalue weighted by molar-refractivity contribution is 5.48. The van der Waals surface area contributed by atoms with Crippen LogP contribution in [-0.2, 0) is 13.0 Å². The molecule has 2 aromatic carbocycles. The fraction of sp³-hybridized carbons (Fsp3) is 0.333. The summed E-state index contributed by atoms with van der Waals surface area (Å²) in [7, 11) is 1.62. The van der Waals surface area contributed by atoms with Crippen molar-refractivity contribution in [3.8, 4) is 17.6 Å². The van der Waals surface area contributed by atoms with Crippen LogP contribution in [-0.4, -0.2) is 25.2 Å². The van der Waals surface area contributed by atoms with Gasteiger partial charge in [0.1, 0.15) is 17.6 Å². The van der Waals surface area contributed by atoms with E-state index in [1.54, 1.807) is 7.11 Å². The molecule has 4 rings (SSSR count). The number of methoxy groups -OCH3 is 1. The topological polar surface area (TPSA) is 71.5 Å².